The minimum atomic E-state index is 0.397. The highest BCUT2D eigenvalue weighted by Crippen LogP contribution is 2.27. The lowest BCUT2D eigenvalue weighted by molar-refractivity contribution is 0.00493. The van der Waals surface area contributed by atoms with Crippen molar-refractivity contribution >= 4 is 17.3 Å². The van der Waals surface area contributed by atoms with Crippen LogP contribution in [0.15, 0.2) is 18.2 Å². The van der Waals surface area contributed by atoms with Gasteiger partial charge in [0.05, 0.1) is 12.7 Å². The fourth-order valence-electron chi connectivity index (χ4n) is 2.43. The van der Waals surface area contributed by atoms with E-state index in [1.54, 1.807) is 6.07 Å². The van der Waals surface area contributed by atoms with Gasteiger partial charge < -0.3 is 10.5 Å². The van der Waals surface area contributed by atoms with Crippen molar-refractivity contribution in [1.29, 1.82) is 0 Å². The van der Waals surface area contributed by atoms with Gasteiger partial charge in [-0.15, -0.1) is 0 Å². The number of halogens is 1. The quantitative estimate of drug-likeness (QED) is 0.826. The second kappa shape index (κ2) is 5.74. The summed E-state index contributed by atoms with van der Waals surface area (Å²) in [4.78, 5) is 0. The van der Waals surface area contributed by atoms with Crippen molar-refractivity contribution in [2.24, 2.45) is 5.92 Å². The Labute approximate surface area is 108 Å². The number of hydrogen-bond donors (Lipinski definition) is 1. The average Bonchev–Trinajstić information content (AvgIpc) is 2.28. The van der Waals surface area contributed by atoms with Crippen molar-refractivity contribution in [3.05, 3.63) is 28.8 Å². The van der Waals surface area contributed by atoms with Crippen molar-refractivity contribution in [2.45, 2.75) is 45.3 Å². The van der Waals surface area contributed by atoms with Crippen molar-refractivity contribution in [2.75, 3.05) is 5.73 Å². The van der Waals surface area contributed by atoms with Crippen LogP contribution in [0, 0.1) is 5.92 Å². The molecule has 0 amide bonds. The normalized spacial score (nSPS) is 24.8. The van der Waals surface area contributed by atoms with E-state index in [1.165, 1.54) is 25.7 Å². The van der Waals surface area contributed by atoms with E-state index in [1.807, 2.05) is 12.1 Å². The molecule has 1 aliphatic rings. The van der Waals surface area contributed by atoms with Gasteiger partial charge in [-0.05, 0) is 30.9 Å². The zero-order valence-corrected chi connectivity index (χ0v) is 11.0. The van der Waals surface area contributed by atoms with Crippen LogP contribution in [0.1, 0.15) is 38.2 Å². The summed E-state index contributed by atoms with van der Waals surface area (Å²) in [5, 5.41) is 0.678. The Morgan fingerprint density at radius 3 is 2.94 bits per heavy atom. The molecule has 0 bridgehead atoms. The molecule has 0 spiro atoms. The molecule has 2 atom stereocenters. The summed E-state index contributed by atoms with van der Waals surface area (Å²) in [7, 11) is 0. The summed E-state index contributed by atoms with van der Waals surface area (Å²) in [5.41, 5.74) is 7.66. The van der Waals surface area contributed by atoms with Crippen LogP contribution in [-0.4, -0.2) is 6.10 Å². The topological polar surface area (TPSA) is 35.2 Å². The van der Waals surface area contributed by atoms with E-state index >= 15 is 0 Å². The summed E-state index contributed by atoms with van der Waals surface area (Å²) in [6.45, 7) is 2.90. The van der Waals surface area contributed by atoms with Crippen LogP contribution >= 0.6 is 11.6 Å². The minimum absolute atomic E-state index is 0.397. The minimum Gasteiger partial charge on any atom is -0.398 e. The Bertz CT molecular complexity index is 380. The molecule has 0 aromatic heterocycles. The maximum absolute atomic E-state index is 5.94. The zero-order valence-electron chi connectivity index (χ0n) is 10.3. The van der Waals surface area contributed by atoms with Gasteiger partial charge >= 0.3 is 0 Å². The molecule has 0 saturated heterocycles. The largest absolute Gasteiger partial charge is 0.398 e. The van der Waals surface area contributed by atoms with Gasteiger partial charge in [-0.3, -0.25) is 0 Å². The van der Waals surface area contributed by atoms with Crippen molar-refractivity contribution < 1.29 is 4.74 Å². The van der Waals surface area contributed by atoms with E-state index in [2.05, 4.69) is 6.92 Å². The molecule has 1 fully saturated rings. The lowest BCUT2D eigenvalue weighted by Gasteiger charge is -2.27. The molecule has 17 heavy (non-hydrogen) atoms. The Balaban J connectivity index is 1.88. The van der Waals surface area contributed by atoms with E-state index in [0.29, 0.717) is 17.7 Å². The number of ether oxygens (including phenoxy) is 1. The standard InChI is InChI=1S/C14H20ClNO/c1-10-3-2-4-13(7-10)17-9-11-5-6-12(15)8-14(11)16/h5-6,8,10,13H,2-4,7,9,16H2,1H3. The summed E-state index contributed by atoms with van der Waals surface area (Å²) in [5.74, 6) is 0.788. The van der Waals surface area contributed by atoms with E-state index in [9.17, 15) is 0 Å². The monoisotopic (exact) mass is 253 g/mol. The second-order valence-corrected chi connectivity index (χ2v) is 5.48. The Morgan fingerprint density at radius 1 is 1.41 bits per heavy atom. The maximum Gasteiger partial charge on any atom is 0.0740 e. The van der Waals surface area contributed by atoms with Gasteiger partial charge in [-0.2, -0.15) is 0 Å². The van der Waals surface area contributed by atoms with Crippen LogP contribution in [0.3, 0.4) is 0 Å². The molecule has 1 aromatic rings. The third-order valence-electron chi connectivity index (χ3n) is 3.47. The number of rotatable bonds is 3. The fourth-order valence-corrected chi connectivity index (χ4v) is 2.62. The van der Waals surface area contributed by atoms with E-state index in [4.69, 9.17) is 22.1 Å². The molecule has 1 aromatic carbocycles. The lowest BCUT2D eigenvalue weighted by Crippen LogP contribution is -2.21. The molecule has 2 nitrogen and oxygen atoms in total. The summed E-state index contributed by atoms with van der Waals surface area (Å²) < 4.78 is 5.94. The zero-order chi connectivity index (χ0) is 12.3. The first-order valence-corrected chi connectivity index (χ1v) is 6.68. The number of hydrogen-bond acceptors (Lipinski definition) is 2. The predicted molar refractivity (Wildman–Crippen MR) is 72.1 cm³/mol. The Morgan fingerprint density at radius 2 is 2.24 bits per heavy atom. The Hall–Kier alpha value is -0.730. The van der Waals surface area contributed by atoms with Gasteiger partial charge in [0, 0.05) is 16.3 Å². The van der Waals surface area contributed by atoms with Crippen LogP contribution in [-0.2, 0) is 11.3 Å². The van der Waals surface area contributed by atoms with Crippen molar-refractivity contribution in [1.82, 2.24) is 0 Å². The number of anilines is 1. The van der Waals surface area contributed by atoms with Crippen molar-refractivity contribution in [3.8, 4) is 0 Å². The van der Waals surface area contributed by atoms with Crippen molar-refractivity contribution in [3.63, 3.8) is 0 Å². The molecule has 94 valence electrons. The van der Waals surface area contributed by atoms with Crippen LogP contribution in [0.2, 0.25) is 5.02 Å². The van der Waals surface area contributed by atoms with E-state index < -0.39 is 0 Å². The SMILES string of the molecule is CC1CCCC(OCc2ccc(Cl)cc2N)C1. The summed E-state index contributed by atoms with van der Waals surface area (Å²) in [6.07, 6.45) is 5.37. The first kappa shape index (κ1) is 12.7. The third-order valence-corrected chi connectivity index (χ3v) is 3.71. The molecule has 0 heterocycles. The molecular weight excluding hydrogens is 234 g/mol. The fraction of sp³-hybridized carbons (Fsp3) is 0.571. The molecule has 3 heteroatoms. The van der Waals surface area contributed by atoms with Crippen LogP contribution < -0.4 is 5.73 Å². The lowest BCUT2D eigenvalue weighted by atomic mass is 9.89. The van der Waals surface area contributed by atoms with E-state index in [-0.39, 0.29) is 0 Å². The highest BCUT2D eigenvalue weighted by atomic mass is 35.5. The molecule has 2 N–H and O–H groups in total. The van der Waals surface area contributed by atoms with Crippen LogP contribution in [0.25, 0.3) is 0 Å². The maximum atomic E-state index is 5.94. The smallest absolute Gasteiger partial charge is 0.0740 e. The molecule has 2 unspecified atom stereocenters. The predicted octanol–water partition coefficient (Wildman–Crippen LogP) is 4.02. The van der Waals surface area contributed by atoms with Gasteiger partial charge in [0.15, 0.2) is 0 Å². The molecular formula is C14H20ClNO. The first-order chi connectivity index (χ1) is 8.15. The van der Waals surface area contributed by atoms with Crippen LogP contribution in [0.5, 0.6) is 0 Å². The van der Waals surface area contributed by atoms with Gasteiger partial charge in [0.25, 0.3) is 0 Å². The molecule has 1 aliphatic carbocycles. The van der Waals surface area contributed by atoms with Gasteiger partial charge in [-0.25, -0.2) is 0 Å². The molecule has 1 saturated carbocycles. The summed E-state index contributed by atoms with van der Waals surface area (Å²) >= 11 is 5.86. The van der Waals surface area contributed by atoms with Gasteiger partial charge in [0.2, 0.25) is 0 Å². The number of benzene rings is 1. The molecule has 2 rings (SSSR count). The highest BCUT2D eigenvalue weighted by Gasteiger charge is 2.19. The average molecular weight is 254 g/mol. The summed E-state index contributed by atoms with van der Waals surface area (Å²) in [6, 6.07) is 5.59. The number of nitrogens with two attached hydrogens (primary N) is 1. The van der Waals surface area contributed by atoms with E-state index in [0.717, 1.165) is 17.2 Å². The first-order valence-electron chi connectivity index (χ1n) is 6.30. The molecule has 0 aliphatic heterocycles. The second-order valence-electron chi connectivity index (χ2n) is 5.05. The van der Waals surface area contributed by atoms with Crippen LogP contribution in [0.4, 0.5) is 5.69 Å². The van der Waals surface area contributed by atoms with Gasteiger partial charge in [0.1, 0.15) is 0 Å². The Kier molecular flexibility index (Phi) is 4.30. The molecule has 0 radical (unpaired) electrons. The highest BCUT2D eigenvalue weighted by molar-refractivity contribution is 6.30. The van der Waals surface area contributed by atoms with Gasteiger partial charge in [-0.1, -0.05) is 37.4 Å². The third kappa shape index (κ3) is 3.62. The number of nitrogen functional groups attached to an aromatic ring is 1.